The molecule has 0 unspecified atom stereocenters. The predicted octanol–water partition coefficient (Wildman–Crippen LogP) is 2.59. The molecule has 2 fully saturated rings. The van der Waals surface area contributed by atoms with Crippen LogP contribution in [0.1, 0.15) is 37.2 Å². The molecule has 0 spiro atoms. The lowest BCUT2D eigenvalue weighted by Crippen LogP contribution is -2.47. The van der Waals surface area contributed by atoms with Gasteiger partial charge in [0.05, 0.1) is 6.04 Å². The standard InChI is InChI=1S/C15H19FN2O/c16-12-5-8-14(17-9-12)15(19)18-13-6-3-11(4-7-13)10-1-2-10/h3-4,6-7,10,12,14,17H,1-2,5,8-9H2,(H,18,19)/t12-,14-/m1/s1. The fourth-order valence-corrected chi connectivity index (χ4v) is 2.53. The van der Waals surface area contributed by atoms with Gasteiger partial charge < -0.3 is 10.6 Å². The summed E-state index contributed by atoms with van der Waals surface area (Å²) in [6.45, 7) is 0.276. The van der Waals surface area contributed by atoms with Crippen molar-refractivity contribution in [2.24, 2.45) is 0 Å². The van der Waals surface area contributed by atoms with Crippen LogP contribution in [0.2, 0.25) is 0 Å². The molecule has 2 aliphatic rings. The van der Waals surface area contributed by atoms with Gasteiger partial charge in [0.25, 0.3) is 0 Å². The Morgan fingerprint density at radius 1 is 1.16 bits per heavy atom. The van der Waals surface area contributed by atoms with Crippen LogP contribution in [0, 0.1) is 0 Å². The minimum absolute atomic E-state index is 0.0638. The Morgan fingerprint density at radius 3 is 2.47 bits per heavy atom. The minimum Gasteiger partial charge on any atom is -0.325 e. The molecule has 1 aromatic rings. The molecule has 1 aliphatic carbocycles. The van der Waals surface area contributed by atoms with Crippen molar-refractivity contribution in [2.45, 2.75) is 43.8 Å². The largest absolute Gasteiger partial charge is 0.325 e. The number of piperidine rings is 1. The summed E-state index contributed by atoms with van der Waals surface area (Å²) in [5.74, 6) is 0.664. The van der Waals surface area contributed by atoms with E-state index in [0.29, 0.717) is 12.8 Å². The lowest BCUT2D eigenvalue weighted by atomic mass is 10.0. The zero-order valence-electron chi connectivity index (χ0n) is 10.9. The molecule has 1 aliphatic heterocycles. The molecule has 1 saturated heterocycles. The molecule has 0 bridgehead atoms. The van der Waals surface area contributed by atoms with Crippen LogP contribution < -0.4 is 10.6 Å². The number of rotatable bonds is 3. The summed E-state index contributed by atoms with van der Waals surface area (Å²) in [6, 6.07) is 7.80. The lowest BCUT2D eigenvalue weighted by Gasteiger charge is -2.25. The molecular weight excluding hydrogens is 243 g/mol. The highest BCUT2D eigenvalue weighted by Crippen LogP contribution is 2.40. The van der Waals surface area contributed by atoms with Crippen molar-refractivity contribution in [3.05, 3.63) is 29.8 Å². The summed E-state index contributed by atoms with van der Waals surface area (Å²) in [7, 11) is 0. The van der Waals surface area contributed by atoms with E-state index in [4.69, 9.17) is 0 Å². The third-order valence-electron chi connectivity index (χ3n) is 3.90. The third-order valence-corrected chi connectivity index (χ3v) is 3.90. The zero-order valence-corrected chi connectivity index (χ0v) is 10.9. The molecule has 4 heteroatoms. The first-order chi connectivity index (χ1) is 9.22. The quantitative estimate of drug-likeness (QED) is 0.879. The first kappa shape index (κ1) is 12.6. The first-order valence-electron chi connectivity index (χ1n) is 7.00. The number of hydrogen-bond donors (Lipinski definition) is 2. The number of anilines is 1. The second-order valence-electron chi connectivity index (χ2n) is 5.52. The van der Waals surface area contributed by atoms with Crippen LogP contribution in [0.5, 0.6) is 0 Å². The number of carbonyl (C=O) groups excluding carboxylic acids is 1. The van der Waals surface area contributed by atoms with Crippen molar-refractivity contribution < 1.29 is 9.18 Å². The van der Waals surface area contributed by atoms with E-state index in [1.165, 1.54) is 18.4 Å². The monoisotopic (exact) mass is 262 g/mol. The Bertz CT molecular complexity index is 448. The lowest BCUT2D eigenvalue weighted by molar-refractivity contribution is -0.118. The van der Waals surface area contributed by atoms with E-state index >= 15 is 0 Å². The second-order valence-corrected chi connectivity index (χ2v) is 5.52. The zero-order chi connectivity index (χ0) is 13.2. The molecule has 3 nitrogen and oxygen atoms in total. The van der Waals surface area contributed by atoms with Gasteiger partial charge >= 0.3 is 0 Å². The maximum Gasteiger partial charge on any atom is 0.241 e. The fraction of sp³-hybridized carbons (Fsp3) is 0.533. The highest BCUT2D eigenvalue weighted by atomic mass is 19.1. The van der Waals surface area contributed by atoms with Gasteiger partial charge in [0.1, 0.15) is 6.17 Å². The van der Waals surface area contributed by atoms with Gasteiger partial charge in [-0.05, 0) is 49.3 Å². The molecular formula is C15H19FN2O. The maximum absolute atomic E-state index is 13.0. The van der Waals surface area contributed by atoms with Crippen molar-refractivity contribution >= 4 is 11.6 Å². The van der Waals surface area contributed by atoms with E-state index in [-0.39, 0.29) is 18.5 Å². The van der Waals surface area contributed by atoms with Crippen LogP contribution in [-0.2, 0) is 4.79 Å². The van der Waals surface area contributed by atoms with Crippen molar-refractivity contribution in [1.82, 2.24) is 5.32 Å². The van der Waals surface area contributed by atoms with E-state index < -0.39 is 6.17 Å². The first-order valence-corrected chi connectivity index (χ1v) is 7.00. The summed E-state index contributed by atoms with van der Waals surface area (Å²) in [4.78, 5) is 12.0. The van der Waals surface area contributed by atoms with Gasteiger partial charge in [0.2, 0.25) is 5.91 Å². The molecule has 102 valence electrons. The molecule has 1 aromatic carbocycles. The highest BCUT2D eigenvalue weighted by Gasteiger charge is 2.26. The van der Waals surface area contributed by atoms with E-state index in [0.717, 1.165) is 11.6 Å². The molecule has 19 heavy (non-hydrogen) atoms. The van der Waals surface area contributed by atoms with Crippen LogP contribution in [0.4, 0.5) is 10.1 Å². The van der Waals surface area contributed by atoms with Gasteiger partial charge in [-0.1, -0.05) is 12.1 Å². The highest BCUT2D eigenvalue weighted by molar-refractivity contribution is 5.94. The summed E-state index contributed by atoms with van der Waals surface area (Å²) >= 11 is 0. The van der Waals surface area contributed by atoms with Crippen LogP contribution >= 0.6 is 0 Å². The predicted molar refractivity (Wildman–Crippen MR) is 73.0 cm³/mol. The Balaban J connectivity index is 1.56. The van der Waals surface area contributed by atoms with Gasteiger partial charge in [0, 0.05) is 12.2 Å². The summed E-state index contributed by atoms with van der Waals surface area (Å²) in [6.07, 6.45) is 2.77. The molecule has 0 aromatic heterocycles. The number of benzene rings is 1. The Morgan fingerprint density at radius 2 is 1.89 bits per heavy atom. The van der Waals surface area contributed by atoms with E-state index in [9.17, 15) is 9.18 Å². The SMILES string of the molecule is O=C(Nc1ccc(C2CC2)cc1)[C@H]1CC[C@@H](F)CN1. The number of halogens is 1. The number of amides is 1. The van der Waals surface area contributed by atoms with Gasteiger partial charge in [-0.15, -0.1) is 0 Å². The topological polar surface area (TPSA) is 41.1 Å². The van der Waals surface area contributed by atoms with E-state index in [1.807, 2.05) is 12.1 Å². The Hall–Kier alpha value is -1.42. The van der Waals surface area contributed by atoms with E-state index in [2.05, 4.69) is 22.8 Å². The van der Waals surface area contributed by atoms with Crippen molar-refractivity contribution in [3.63, 3.8) is 0 Å². The number of nitrogens with one attached hydrogen (secondary N) is 2. The van der Waals surface area contributed by atoms with Crippen LogP contribution in [0.25, 0.3) is 0 Å². The van der Waals surface area contributed by atoms with Crippen LogP contribution in [-0.4, -0.2) is 24.7 Å². The maximum atomic E-state index is 13.0. The van der Waals surface area contributed by atoms with Crippen molar-refractivity contribution in [2.75, 3.05) is 11.9 Å². The Kier molecular flexibility index (Phi) is 3.51. The number of carbonyl (C=O) groups is 1. The third kappa shape index (κ3) is 3.13. The summed E-state index contributed by atoms with van der Waals surface area (Å²) < 4.78 is 13.0. The van der Waals surface area contributed by atoms with Crippen molar-refractivity contribution in [3.8, 4) is 0 Å². The Labute approximate surface area is 112 Å². The molecule has 3 rings (SSSR count). The second kappa shape index (κ2) is 5.29. The van der Waals surface area contributed by atoms with Gasteiger partial charge in [-0.25, -0.2) is 4.39 Å². The van der Waals surface area contributed by atoms with Gasteiger partial charge in [0.15, 0.2) is 0 Å². The molecule has 1 heterocycles. The number of alkyl halides is 1. The van der Waals surface area contributed by atoms with E-state index in [1.54, 1.807) is 0 Å². The smallest absolute Gasteiger partial charge is 0.241 e. The van der Waals surface area contributed by atoms with Crippen LogP contribution in [0.3, 0.4) is 0 Å². The van der Waals surface area contributed by atoms with Gasteiger partial charge in [-0.3, -0.25) is 4.79 Å². The molecule has 2 atom stereocenters. The average molecular weight is 262 g/mol. The minimum atomic E-state index is -0.818. The molecule has 1 saturated carbocycles. The molecule has 2 N–H and O–H groups in total. The van der Waals surface area contributed by atoms with Gasteiger partial charge in [-0.2, -0.15) is 0 Å². The van der Waals surface area contributed by atoms with Crippen LogP contribution in [0.15, 0.2) is 24.3 Å². The molecule has 1 amide bonds. The van der Waals surface area contributed by atoms with Crippen molar-refractivity contribution in [1.29, 1.82) is 0 Å². The normalized spacial score (nSPS) is 27.0. The molecule has 0 radical (unpaired) electrons. The average Bonchev–Trinajstić information content (AvgIpc) is 3.25. The summed E-state index contributed by atoms with van der Waals surface area (Å²) in [5.41, 5.74) is 2.17. The summed E-state index contributed by atoms with van der Waals surface area (Å²) in [5, 5.41) is 5.83. The fourth-order valence-electron chi connectivity index (χ4n) is 2.53. The number of hydrogen-bond acceptors (Lipinski definition) is 2.